The van der Waals surface area contributed by atoms with E-state index in [1.807, 2.05) is 37.3 Å². The third-order valence-corrected chi connectivity index (χ3v) is 5.23. The van der Waals surface area contributed by atoms with Crippen molar-refractivity contribution in [3.63, 3.8) is 0 Å². The third kappa shape index (κ3) is 2.91. The van der Waals surface area contributed by atoms with Crippen LogP contribution in [0.3, 0.4) is 0 Å². The topological polar surface area (TPSA) is 49.1 Å². The molecule has 1 unspecified atom stereocenters. The zero-order chi connectivity index (χ0) is 14.8. The van der Waals surface area contributed by atoms with Gasteiger partial charge in [0, 0.05) is 17.7 Å². The largest absolute Gasteiger partial charge is 0.606 e. The van der Waals surface area contributed by atoms with Gasteiger partial charge in [0.1, 0.15) is 0 Å². The number of aryl methyl sites for hydroxylation is 2. The molecule has 0 radical (unpaired) electrons. The quantitative estimate of drug-likeness (QED) is 0.882. The van der Waals surface area contributed by atoms with Gasteiger partial charge < -0.3 is 10.3 Å². The van der Waals surface area contributed by atoms with Gasteiger partial charge in [0.15, 0.2) is 9.79 Å². The predicted molar refractivity (Wildman–Crippen MR) is 87.6 cm³/mol. The molecule has 2 nitrogen and oxygen atoms in total. The molecule has 0 heterocycles. The van der Waals surface area contributed by atoms with Gasteiger partial charge in [-0.1, -0.05) is 18.2 Å². The lowest BCUT2D eigenvalue weighted by Gasteiger charge is -2.18. The molecule has 0 bridgehead atoms. The molecule has 108 valence electrons. The average molecular weight is 297 g/mol. The highest BCUT2D eigenvalue weighted by atomic mass is 32.2. The number of hydrogen-bond acceptors (Lipinski definition) is 2. The summed E-state index contributed by atoms with van der Waals surface area (Å²) in [5.74, 6) is 0. The zero-order valence-electron chi connectivity index (χ0n) is 12.1. The van der Waals surface area contributed by atoms with E-state index in [0.717, 1.165) is 28.2 Å². The molecule has 0 aromatic heterocycles. The summed E-state index contributed by atoms with van der Waals surface area (Å²) in [5, 5.41) is 0. The second-order valence-electron chi connectivity index (χ2n) is 5.38. The fourth-order valence-corrected chi connectivity index (χ4v) is 3.99. The molecule has 0 amide bonds. The summed E-state index contributed by atoms with van der Waals surface area (Å²) in [5.41, 5.74) is 10.6. The first-order valence-corrected chi connectivity index (χ1v) is 8.35. The Morgan fingerprint density at radius 3 is 2.71 bits per heavy atom. The van der Waals surface area contributed by atoms with E-state index in [0.29, 0.717) is 6.54 Å². The second-order valence-corrected chi connectivity index (χ2v) is 6.86. The summed E-state index contributed by atoms with van der Waals surface area (Å²) in [6.07, 6.45) is 4.22. The SMILES string of the molecule is Cc1cccc([S+]([O-])c2ccc3c(c2)CCC=C3CN)c1. The molecule has 3 rings (SSSR count). The van der Waals surface area contributed by atoms with Gasteiger partial charge in [-0.05, 0) is 72.4 Å². The Labute approximate surface area is 128 Å². The van der Waals surface area contributed by atoms with Crippen LogP contribution >= 0.6 is 0 Å². The molecule has 21 heavy (non-hydrogen) atoms. The van der Waals surface area contributed by atoms with Gasteiger partial charge in [0.2, 0.25) is 0 Å². The van der Waals surface area contributed by atoms with Crippen LogP contribution in [0.5, 0.6) is 0 Å². The lowest BCUT2D eigenvalue weighted by atomic mass is 9.91. The van der Waals surface area contributed by atoms with Crippen LogP contribution in [0.2, 0.25) is 0 Å². The minimum Gasteiger partial charge on any atom is -0.606 e. The van der Waals surface area contributed by atoms with Crippen LogP contribution in [-0.2, 0) is 17.6 Å². The second kappa shape index (κ2) is 6.06. The number of benzene rings is 2. The van der Waals surface area contributed by atoms with Gasteiger partial charge in [-0.3, -0.25) is 0 Å². The van der Waals surface area contributed by atoms with E-state index in [4.69, 9.17) is 5.73 Å². The Bertz CT molecular complexity index is 693. The summed E-state index contributed by atoms with van der Waals surface area (Å²) in [4.78, 5) is 1.73. The van der Waals surface area contributed by atoms with Crippen molar-refractivity contribution in [2.45, 2.75) is 29.6 Å². The average Bonchev–Trinajstić information content (AvgIpc) is 2.53. The zero-order valence-corrected chi connectivity index (χ0v) is 13.0. The summed E-state index contributed by atoms with van der Waals surface area (Å²) in [7, 11) is 0. The first-order chi connectivity index (χ1) is 10.2. The molecule has 0 saturated carbocycles. The van der Waals surface area contributed by atoms with Crippen LogP contribution in [0, 0.1) is 6.92 Å². The monoisotopic (exact) mass is 297 g/mol. The van der Waals surface area contributed by atoms with Crippen LogP contribution in [0.15, 0.2) is 58.3 Å². The number of fused-ring (bicyclic) bond motifs is 1. The van der Waals surface area contributed by atoms with Gasteiger partial charge in [-0.25, -0.2) is 0 Å². The Balaban J connectivity index is 1.96. The summed E-state index contributed by atoms with van der Waals surface area (Å²) in [6, 6.07) is 14.0. The highest BCUT2D eigenvalue weighted by molar-refractivity contribution is 7.91. The minimum absolute atomic E-state index is 0.563. The molecule has 2 aromatic rings. The molecule has 0 saturated heterocycles. The van der Waals surface area contributed by atoms with Crippen LogP contribution in [0.1, 0.15) is 23.1 Å². The molecule has 1 aliphatic carbocycles. The first-order valence-electron chi connectivity index (χ1n) is 7.20. The number of nitrogens with two attached hydrogens (primary N) is 1. The van der Waals surface area contributed by atoms with Crippen molar-refractivity contribution in [3.8, 4) is 0 Å². The van der Waals surface area contributed by atoms with E-state index in [9.17, 15) is 4.55 Å². The summed E-state index contributed by atoms with van der Waals surface area (Å²) < 4.78 is 12.7. The first kappa shape index (κ1) is 14.4. The van der Waals surface area contributed by atoms with E-state index >= 15 is 0 Å². The van der Waals surface area contributed by atoms with Gasteiger partial charge in [-0.15, -0.1) is 0 Å². The van der Waals surface area contributed by atoms with Crippen molar-refractivity contribution in [1.82, 2.24) is 0 Å². The van der Waals surface area contributed by atoms with E-state index in [1.165, 1.54) is 16.7 Å². The van der Waals surface area contributed by atoms with E-state index < -0.39 is 11.2 Å². The highest BCUT2D eigenvalue weighted by Gasteiger charge is 2.19. The normalized spacial score (nSPS) is 15.3. The fourth-order valence-electron chi connectivity index (χ4n) is 2.78. The van der Waals surface area contributed by atoms with Crippen LogP contribution in [0.25, 0.3) is 5.57 Å². The van der Waals surface area contributed by atoms with Crippen LogP contribution in [-0.4, -0.2) is 11.1 Å². The molecule has 3 heteroatoms. The molecular weight excluding hydrogens is 278 g/mol. The molecule has 1 atom stereocenters. The van der Waals surface area contributed by atoms with Gasteiger partial charge >= 0.3 is 0 Å². The molecular formula is C18H19NOS. The highest BCUT2D eigenvalue weighted by Crippen LogP contribution is 2.30. The Hall–Kier alpha value is -1.55. The van der Waals surface area contributed by atoms with E-state index in [2.05, 4.69) is 18.2 Å². The maximum Gasteiger partial charge on any atom is 0.158 e. The summed E-state index contributed by atoms with van der Waals surface area (Å²) >= 11 is -1.12. The van der Waals surface area contributed by atoms with E-state index in [1.54, 1.807) is 0 Å². The van der Waals surface area contributed by atoms with Crippen molar-refractivity contribution >= 4 is 16.7 Å². The molecule has 2 N–H and O–H groups in total. The Morgan fingerprint density at radius 1 is 1.14 bits per heavy atom. The fraction of sp³-hybridized carbons (Fsp3) is 0.222. The van der Waals surface area contributed by atoms with Crippen molar-refractivity contribution < 1.29 is 4.55 Å². The molecule has 0 aliphatic heterocycles. The van der Waals surface area contributed by atoms with Gasteiger partial charge in [0.05, 0.1) is 0 Å². The third-order valence-electron chi connectivity index (χ3n) is 3.86. The smallest absolute Gasteiger partial charge is 0.158 e. The standard InChI is InChI=1S/C18H19NOS/c1-13-4-2-7-16(10-13)21(20)17-8-9-18-14(11-17)5-3-6-15(18)12-19/h2,4,6-11H,3,5,12,19H2,1H3. The lowest BCUT2D eigenvalue weighted by molar-refractivity contribution is 0.595. The number of allylic oxidation sites excluding steroid dienone is 1. The maximum absolute atomic E-state index is 12.7. The molecule has 0 fully saturated rings. The lowest BCUT2D eigenvalue weighted by Crippen LogP contribution is -2.10. The number of rotatable bonds is 3. The van der Waals surface area contributed by atoms with Crippen molar-refractivity contribution in [2.75, 3.05) is 6.54 Å². The Morgan fingerprint density at radius 2 is 1.95 bits per heavy atom. The van der Waals surface area contributed by atoms with Crippen molar-refractivity contribution in [3.05, 3.63) is 65.2 Å². The number of hydrogen-bond donors (Lipinski definition) is 1. The van der Waals surface area contributed by atoms with Gasteiger partial charge in [0.25, 0.3) is 0 Å². The van der Waals surface area contributed by atoms with E-state index in [-0.39, 0.29) is 0 Å². The molecule has 2 aromatic carbocycles. The molecule has 1 aliphatic rings. The van der Waals surface area contributed by atoms with Crippen molar-refractivity contribution in [2.24, 2.45) is 5.73 Å². The predicted octanol–water partition coefficient (Wildman–Crippen LogP) is 3.45. The minimum atomic E-state index is -1.12. The molecule has 0 spiro atoms. The van der Waals surface area contributed by atoms with Crippen molar-refractivity contribution in [1.29, 1.82) is 0 Å². The van der Waals surface area contributed by atoms with Gasteiger partial charge in [-0.2, -0.15) is 0 Å². The maximum atomic E-state index is 12.7. The van der Waals surface area contributed by atoms with Crippen LogP contribution < -0.4 is 5.73 Å². The summed E-state index contributed by atoms with van der Waals surface area (Å²) in [6.45, 7) is 2.58. The Kier molecular flexibility index (Phi) is 4.15. The van der Waals surface area contributed by atoms with Crippen LogP contribution in [0.4, 0.5) is 0 Å².